The number of carbonyl (C=O) groups excluding carboxylic acids is 1. The summed E-state index contributed by atoms with van der Waals surface area (Å²) in [5.74, 6) is 1.64. The van der Waals surface area contributed by atoms with Crippen LogP contribution in [0.4, 0.5) is 0 Å². The molecule has 1 fully saturated rings. The molecular formula is C22H28N2O3S. The summed E-state index contributed by atoms with van der Waals surface area (Å²) in [5, 5.41) is 2.99. The van der Waals surface area contributed by atoms with Gasteiger partial charge in [-0.2, -0.15) is 0 Å². The van der Waals surface area contributed by atoms with Gasteiger partial charge in [0.05, 0.1) is 19.8 Å². The van der Waals surface area contributed by atoms with Crippen molar-refractivity contribution in [3.63, 3.8) is 0 Å². The number of hydrogen-bond acceptors (Lipinski definition) is 5. The molecule has 2 aromatic carbocycles. The number of hydrogen-bond donors (Lipinski definition) is 1. The molecule has 0 spiro atoms. The van der Waals surface area contributed by atoms with Crippen LogP contribution in [-0.2, 0) is 4.74 Å². The van der Waals surface area contributed by atoms with Crippen LogP contribution < -0.4 is 10.1 Å². The molecule has 150 valence electrons. The van der Waals surface area contributed by atoms with Crippen molar-refractivity contribution in [2.45, 2.75) is 11.3 Å². The molecule has 0 bridgehead atoms. The normalized spacial score (nSPS) is 14.6. The second-order valence-electron chi connectivity index (χ2n) is 6.60. The molecule has 6 heteroatoms. The Labute approximate surface area is 171 Å². The number of benzene rings is 2. The van der Waals surface area contributed by atoms with Gasteiger partial charge >= 0.3 is 0 Å². The number of carbonyl (C=O) groups is 1. The minimum atomic E-state index is -0.0341. The summed E-state index contributed by atoms with van der Waals surface area (Å²) in [6, 6.07) is 17.6. The lowest BCUT2D eigenvalue weighted by Crippen LogP contribution is -2.38. The first-order valence-electron chi connectivity index (χ1n) is 9.80. The lowest BCUT2D eigenvalue weighted by molar-refractivity contribution is 0.0374. The van der Waals surface area contributed by atoms with Gasteiger partial charge in [-0.15, -0.1) is 11.8 Å². The van der Waals surface area contributed by atoms with E-state index in [9.17, 15) is 4.79 Å². The molecule has 2 aromatic rings. The van der Waals surface area contributed by atoms with Crippen LogP contribution in [0.5, 0.6) is 5.75 Å². The molecule has 0 aliphatic carbocycles. The van der Waals surface area contributed by atoms with Gasteiger partial charge < -0.3 is 14.8 Å². The van der Waals surface area contributed by atoms with Crippen molar-refractivity contribution in [2.24, 2.45) is 0 Å². The van der Waals surface area contributed by atoms with Crippen molar-refractivity contribution in [1.82, 2.24) is 10.2 Å². The van der Waals surface area contributed by atoms with Gasteiger partial charge in [-0.3, -0.25) is 9.69 Å². The zero-order valence-electron chi connectivity index (χ0n) is 16.1. The number of amides is 1. The van der Waals surface area contributed by atoms with Crippen molar-refractivity contribution in [3.8, 4) is 5.75 Å². The van der Waals surface area contributed by atoms with E-state index in [4.69, 9.17) is 9.47 Å². The highest BCUT2D eigenvalue weighted by Gasteiger charge is 2.10. The molecule has 5 nitrogen and oxygen atoms in total. The molecule has 3 rings (SSSR count). The van der Waals surface area contributed by atoms with Crippen molar-refractivity contribution >= 4 is 17.7 Å². The fraction of sp³-hybridized carbons (Fsp3) is 0.409. The number of thioether (sulfide) groups is 1. The van der Waals surface area contributed by atoms with Crippen LogP contribution in [0.2, 0.25) is 0 Å². The lowest BCUT2D eigenvalue weighted by Gasteiger charge is -2.26. The third-order valence-electron chi connectivity index (χ3n) is 4.52. The monoisotopic (exact) mass is 400 g/mol. The van der Waals surface area contributed by atoms with Crippen molar-refractivity contribution in [3.05, 3.63) is 60.2 Å². The van der Waals surface area contributed by atoms with E-state index in [1.54, 1.807) is 11.8 Å². The van der Waals surface area contributed by atoms with Crippen LogP contribution in [0.1, 0.15) is 16.8 Å². The van der Waals surface area contributed by atoms with Gasteiger partial charge in [-0.25, -0.2) is 0 Å². The third kappa shape index (κ3) is 7.19. The van der Waals surface area contributed by atoms with Crippen LogP contribution >= 0.6 is 11.8 Å². The zero-order chi connectivity index (χ0) is 19.4. The number of rotatable bonds is 10. The van der Waals surface area contributed by atoms with Gasteiger partial charge in [-0.1, -0.05) is 18.2 Å². The topological polar surface area (TPSA) is 50.8 Å². The molecule has 0 aromatic heterocycles. The highest BCUT2D eigenvalue weighted by Crippen LogP contribution is 2.18. The van der Waals surface area contributed by atoms with Crippen molar-refractivity contribution < 1.29 is 14.3 Å². The molecule has 0 unspecified atom stereocenters. The summed E-state index contributed by atoms with van der Waals surface area (Å²) >= 11 is 1.77. The van der Waals surface area contributed by atoms with Crippen LogP contribution in [-0.4, -0.2) is 62.6 Å². The Morgan fingerprint density at radius 1 is 1.07 bits per heavy atom. The fourth-order valence-corrected chi connectivity index (χ4v) is 3.72. The minimum absolute atomic E-state index is 0.0341. The van der Waals surface area contributed by atoms with Gasteiger partial charge in [-0.05, 0) is 49.4 Å². The van der Waals surface area contributed by atoms with Crippen molar-refractivity contribution in [1.29, 1.82) is 0 Å². The van der Waals surface area contributed by atoms with Gasteiger partial charge in [0.15, 0.2) is 0 Å². The Morgan fingerprint density at radius 3 is 2.57 bits per heavy atom. The summed E-state index contributed by atoms with van der Waals surface area (Å²) in [6.07, 6.45) is 0.950. The van der Waals surface area contributed by atoms with Crippen LogP contribution in [0, 0.1) is 0 Å². The van der Waals surface area contributed by atoms with Gasteiger partial charge in [0, 0.05) is 35.8 Å². The average molecular weight is 401 g/mol. The van der Waals surface area contributed by atoms with Gasteiger partial charge in [0.1, 0.15) is 5.75 Å². The second-order valence-corrected chi connectivity index (χ2v) is 7.77. The summed E-state index contributed by atoms with van der Waals surface area (Å²) in [5.41, 5.74) is 0.664. The molecule has 1 aliphatic heterocycles. The first-order chi connectivity index (χ1) is 13.8. The van der Waals surface area contributed by atoms with Crippen LogP contribution in [0.3, 0.4) is 0 Å². The minimum Gasteiger partial charge on any atom is -0.493 e. The van der Waals surface area contributed by atoms with Crippen LogP contribution in [0.15, 0.2) is 59.5 Å². The molecular weight excluding hydrogens is 372 g/mol. The highest BCUT2D eigenvalue weighted by atomic mass is 32.2. The van der Waals surface area contributed by atoms with Crippen molar-refractivity contribution in [2.75, 3.05) is 51.8 Å². The average Bonchev–Trinajstić information content (AvgIpc) is 2.76. The van der Waals surface area contributed by atoms with E-state index in [0.717, 1.165) is 50.8 Å². The van der Waals surface area contributed by atoms with E-state index in [2.05, 4.69) is 22.3 Å². The highest BCUT2D eigenvalue weighted by molar-refractivity contribution is 7.99. The quantitative estimate of drug-likeness (QED) is 0.490. The third-order valence-corrected chi connectivity index (χ3v) is 5.50. The second kappa shape index (κ2) is 11.7. The fourth-order valence-electron chi connectivity index (χ4n) is 2.97. The Bertz CT molecular complexity index is 703. The lowest BCUT2D eigenvalue weighted by atomic mass is 10.2. The summed E-state index contributed by atoms with van der Waals surface area (Å²) < 4.78 is 11.1. The van der Waals surface area contributed by atoms with E-state index >= 15 is 0 Å². The molecule has 0 radical (unpaired) electrons. The molecule has 0 saturated carbocycles. The van der Waals surface area contributed by atoms with Gasteiger partial charge in [0.2, 0.25) is 0 Å². The smallest absolute Gasteiger partial charge is 0.251 e. The maximum absolute atomic E-state index is 12.2. The Balaban J connectivity index is 1.31. The Kier molecular flexibility index (Phi) is 8.68. The Hall–Kier alpha value is -2.02. The first-order valence-corrected chi connectivity index (χ1v) is 10.8. The Morgan fingerprint density at radius 2 is 1.82 bits per heavy atom. The largest absolute Gasteiger partial charge is 0.493 e. The van der Waals surface area contributed by atoms with E-state index in [-0.39, 0.29) is 5.91 Å². The molecule has 0 atom stereocenters. The first kappa shape index (κ1) is 20.7. The predicted molar refractivity (Wildman–Crippen MR) is 113 cm³/mol. The summed E-state index contributed by atoms with van der Waals surface area (Å²) in [7, 11) is 0. The predicted octanol–water partition coefficient (Wildman–Crippen LogP) is 3.31. The van der Waals surface area contributed by atoms with E-state index < -0.39 is 0 Å². The summed E-state index contributed by atoms with van der Waals surface area (Å²) in [6.45, 7) is 5.91. The maximum atomic E-state index is 12.2. The van der Waals surface area contributed by atoms with Crippen LogP contribution in [0.25, 0.3) is 0 Å². The molecule has 1 aliphatic rings. The molecule has 1 saturated heterocycles. The van der Waals surface area contributed by atoms with E-state index in [0.29, 0.717) is 18.7 Å². The molecule has 1 amide bonds. The SMILES string of the molecule is O=C(NCCCN1CCOCC1)c1ccc(OCCSc2ccccc2)cc1. The number of nitrogens with one attached hydrogen (secondary N) is 1. The maximum Gasteiger partial charge on any atom is 0.251 e. The summed E-state index contributed by atoms with van der Waals surface area (Å²) in [4.78, 5) is 15.9. The number of nitrogens with zero attached hydrogens (tertiary/aromatic N) is 1. The van der Waals surface area contributed by atoms with E-state index in [1.165, 1.54) is 4.90 Å². The molecule has 1 heterocycles. The zero-order valence-corrected chi connectivity index (χ0v) is 17.0. The number of morpholine rings is 1. The van der Waals surface area contributed by atoms with Gasteiger partial charge in [0.25, 0.3) is 5.91 Å². The molecule has 28 heavy (non-hydrogen) atoms. The number of ether oxygens (including phenoxy) is 2. The standard InChI is InChI=1S/C22H28N2O3S/c25-22(23-11-4-12-24-13-15-26-16-14-24)19-7-9-20(10-8-19)27-17-18-28-21-5-2-1-3-6-21/h1-3,5-10H,4,11-18H2,(H,23,25). The van der Waals surface area contributed by atoms with E-state index in [1.807, 2.05) is 42.5 Å². The molecule has 1 N–H and O–H groups in total.